The van der Waals surface area contributed by atoms with Gasteiger partial charge in [0, 0.05) is 30.6 Å². The summed E-state index contributed by atoms with van der Waals surface area (Å²) in [4.78, 5) is 4.09. The summed E-state index contributed by atoms with van der Waals surface area (Å²) >= 11 is 0. The molecule has 0 aromatic heterocycles. The van der Waals surface area contributed by atoms with Crippen molar-refractivity contribution in [3.63, 3.8) is 0 Å². The summed E-state index contributed by atoms with van der Waals surface area (Å²) in [6.07, 6.45) is 0.719. The highest BCUT2D eigenvalue weighted by atomic mass is 19.1. The number of halogens is 2. The van der Waals surface area contributed by atoms with Crippen molar-refractivity contribution in [1.29, 1.82) is 0 Å². The van der Waals surface area contributed by atoms with E-state index >= 15 is 0 Å². The summed E-state index contributed by atoms with van der Waals surface area (Å²) in [7, 11) is 1.68. The predicted octanol–water partition coefficient (Wildman–Crippen LogP) is 2.39. The maximum absolute atomic E-state index is 13.6. The van der Waals surface area contributed by atoms with E-state index in [9.17, 15) is 8.78 Å². The van der Waals surface area contributed by atoms with Gasteiger partial charge in [0.05, 0.1) is 0 Å². The zero-order valence-electron chi connectivity index (χ0n) is 11.4. The lowest BCUT2D eigenvalue weighted by molar-refractivity contribution is 0.553. The van der Waals surface area contributed by atoms with Crippen molar-refractivity contribution in [2.45, 2.75) is 38.3 Å². The maximum atomic E-state index is 13.6. The van der Waals surface area contributed by atoms with E-state index in [2.05, 4.69) is 15.6 Å². The topological polar surface area (TPSA) is 36.4 Å². The molecule has 3 nitrogen and oxygen atoms in total. The molecule has 0 heterocycles. The van der Waals surface area contributed by atoms with Crippen LogP contribution < -0.4 is 10.6 Å². The first-order valence-electron chi connectivity index (χ1n) is 6.46. The number of guanidine groups is 1. The Morgan fingerprint density at radius 3 is 2.47 bits per heavy atom. The van der Waals surface area contributed by atoms with Gasteiger partial charge >= 0.3 is 0 Å². The molecule has 0 radical (unpaired) electrons. The number of hydrogen-bond acceptors (Lipinski definition) is 1. The molecule has 2 atom stereocenters. The average Bonchev–Trinajstić information content (AvgIpc) is 3.06. The fourth-order valence-corrected chi connectivity index (χ4v) is 2.16. The van der Waals surface area contributed by atoms with Crippen LogP contribution in [0.15, 0.2) is 23.2 Å². The van der Waals surface area contributed by atoms with Gasteiger partial charge in [0.25, 0.3) is 0 Å². The van der Waals surface area contributed by atoms with Crippen molar-refractivity contribution in [1.82, 2.24) is 10.6 Å². The van der Waals surface area contributed by atoms with Gasteiger partial charge in [-0.2, -0.15) is 0 Å². The van der Waals surface area contributed by atoms with Gasteiger partial charge in [-0.3, -0.25) is 4.99 Å². The van der Waals surface area contributed by atoms with E-state index in [1.165, 1.54) is 18.2 Å². The quantitative estimate of drug-likeness (QED) is 0.651. The lowest BCUT2D eigenvalue weighted by Crippen LogP contribution is -2.42. The van der Waals surface area contributed by atoms with Crippen molar-refractivity contribution in [3.05, 3.63) is 35.4 Å². The van der Waals surface area contributed by atoms with E-state index in [0.29, 0.717) is 5.96 Å². The van der Waals surface area contributed by atoms with Crippen molar-refractivity contribution < 1.29 is 8.78 Å². The predicted molar refractivity (Wildman–Crippen MR) is 72.3 cm³/mol. The summed E-state index contributed by atoms with van der Waals surface area (Å²) in [5.41, 5.74) is 0.181. The normalized spacial score (nSPS) is 22.5. The molecule has 1 aromatic rings. The highest BCUT2D eigenvalue weighted by Gasteiger charge is 2.42. The van der Waals surface area contributed by atoms with Gasteiger partial charge in [-0.05, 0) is 32.4 Å². The number of rotatable bonds is 3. The van der Waals surface area contributed by atoms with Gasteiger partial charge in [-0.25, -0.2) is 8.78 Å². The van der Waals surface area contributed by atoms with Crippen LogP contribution in [0.5, 0.6) is 0 Å². The number of nitrogens with one attached hydrogen (secondary N) is 2. The second-order valence-corrected chi connectivity index (χ2v) is 5.10. The van der Waals surface area contributed by atoms with Crippen LogP contribution in [0.3, 0.4) is 0 Å². The van der Waals surface area contributed by atoms with E-state index < -0.39 is 11.6 Å². The van der Waals surface area contributed by atoms with Crippen LogP contribution in [0.2, 0.25) is 0 Å². The standard InChI is InChI=1S/C14H19F2N3/c1-8(2)18-14(17-3)19-12-7-9(12)13-10(15)5-4-6-11(13)16/h4-6,8-9,12H,7H2,1-3H3,(H2,17,18,19). The number of nitrogens with zero attached hydrogens (tertiary/aromatic N) is 1. The smallest absolute Gasteiger partial charge is 0.191 e. The molecule has 104 valence electrons. The molecule has 0 saturated heterocycles. The lowest BCUT2D eigenvalue weighted by atomic mass is 10.1. The summed E-state index contributed by atoms with van der Waals surface area (Å²) in [6, 6.07) is 4.28. The van der Waals surface area contributed by atoms with Gasteiger partial charge in [0.1, 0.15) is 11.6 Å². The van der Waals surface area contributed by atoms with Crippen LogP contribution in [0.25, 0.3) is 0 Å². The lowest BCUT2D eigenvalue weighted by Gasteiger charge is -2.14. The summed E-state index contributed by atoms with van der Waals surface area (Å²) < 4.78 is 27.3. The molecule has 0 aliphatic heterocycles. The Morgan fingerprint density at radius 2 is 1.95 bits per heavy atom. The fraction of sp³-hybridized carbons (Fsp3) is 0.500. The van der Waals surface area contributed by atoms with Crippen LogP contribution in [0, 0.1) is 11.6 Å². The third-order valence-corrected chi connectivity index (χ3v) is 3.13. The van der Waals surface area contributed by atoms with Gasteiger partial charge in [-0.15, -0.1) is 0 Å². The zero-order chi connectivity index (χ0) is 14.0. The van der Waals surface area contributed by atoms with Gasteiger partial charge < -0.3 is 10.6 Å². The largest absolute Gasteiger partial charge is 0.354 e. The van der Waals surface area contributed by atoms with Gasteiger partial charge in [0.2, 0.25) is 0 Å². The Morgan fingerprint density at radius 1 is 1.32 bits per heavy atom. The summed E-state index contributed by atoms with van der Waals surface area (Å²) in [5.74, 6) is -0.395. The average molecular weight is 267 g/mol. The Bertz CT molecular complexity index is 465. The van der Waals surface area contributed by atoms with Crippen LogP contribution >= 0.6 is 0 Å². The molecule has 1 aliphatic rings. The highest BCUT2D eigenvalue weighted by Crippen LogP contribution is 2.42. The molecule has 1 saturated carbocycles. The number of aliphatic imine (C=N–C) groups is 1. The number of hydrogen-bond donors (Lipinski definition) is 2. The fourth-order valence-electron chi connectivity index (χ4n) is 2.16. The van der Waals surface area contributed by atoms with Crippen LogP contribution in [0.4, 0.5) is 8.78 Å². The van der Waals surface area contributed by atoms with Gasteiger partial charge in [-0.1, -0.05) is 6.07 Å². The Kier molecular flexibility index (Phi) is 4.02. The van der Waals surface area contributed by atoms with E-state index in [1.54, 1.807) is 7.05 Å². The molecule has 0 bridgehead atoms. The second-order valence-electron chi connectivity index (χ2n) is 5.10. The van der Waals surface area contributed by atoms with Crippen LogP contribution in [-0.2, 0) is 0 Å². The van der Waals surface area contributed by atoms with E-state index in [-0.39, 0.29) is 23.6 Å². The van der Waals surface area contributed by atoms with Crippen molar-refractivity contribution in [2.24, 2.45) is 4.99 Å². The highest BCUT2D eigenvalue weighted by molar-refractivity contribution is 5.80. The first-order valence-corrected chi connectivity index (χ1v) is 6.46. The Balaban J connectivity index is 2.01. The Hall–Kier alpha value is -1.65. The van der Waals surface area contributed by atoms with Crippen LogP contribution in [-0.4, -0.2) is 25.1 Å². The van der Waals surface area contributed by atoms with Crippen LogP contribution in [0.1, 0.15) is 31.7 Å². The minimum absolute atomic E-state index is 0.0383. The minimum Gasteiger partial charge on any atom is -0.354 e. The first-order chi connectivity index (χ1) is 9.02. The molecule has 0 spiro atoms. The molecular weight excluding hydrogens is 248 g/mol. The molecule has 1 aromatic carbocycles. The van der Waals surface area contributed by atoms with Gasteiger partial charge in [0.15, 0.2) is 5.96 Å². The van der Waals surface area contributed by atoms with E-state index in [0.717, 1.165) is 6.42 Å². The number of benzene rings is 1. The van der Waals surface area contributed by atoms with E-state index in [4.69, 9.17) is 0 Å². The second kappa shape index (κ2) is 5.55. The van der Waals surface area contributed by atoms with Crippen molar-refractivity contribution >= 4 is 5.96 Å². The third kappa shape index (κ3) is 3.22. The first kappa shape index (κ1) is 13.8. The monoisotopic (exact) mass is 267 g/mol. The molecule has 2 unspecified atom stereocenters. The Labute approximate surface area is 112 Å². The summed E-state index contributed by atoms with van der Waals surface area (Å²) in [6.45, 7) is 4.02. The molecule has 19 heavy (non-hydrogen) atoms. The summed E-state index contributed by atoms with van der Waals surface area (Å²) in [5, 5.41) is 6.33. The molecule has 2 rings (SSSR count). The molecule has 2 N–H and O–H groups in total. The molecular formula is C14H19F2N3. The maximum Gasteiger partial charge on any atom is 0.191 e. The molecule has 1 aliphatic carbocycles. The van der Waals surface area contributed by atoms with E-state index in [1.807, 2.05) is 13.8 Å². The SMILES string of the molecule is CN=C(NC(C)C)NC1CC1c1c(F)cccc1F. The molecule has 5 heteroatoms. The third-order valence-electron chi connectivity index (χ3n) is 3.13. The van der Waals surface area contributed by atoms with Crippen molar-refractivity contribution in [3.8, 4) is 0 Å². The van der Waals surface area contributed by atoms with Crippen molar-refractivity contribution in [2.75, 3.05) is 7.05 Å². The zero-order valence-corrected chi connectivity index (χ0v) is 11.4. The molecule has 1 fully saturated rings. The minimum atomic E-state index is -0.471. The molecule has 0 amide bonds.